The van der Waals surface area contributed by atoms with E-state index in [2.05, 4.69) is 53.1 Å². The van der Waals surface area contributed by atoms with Crippen LogP contribution in [0.2, 0.25) is 0 Å². The van der Waals surface area contributed by atoms with Crippen LogP contribution >= 0.6 is 15.9 Å². The predicted octanol–water partition coefficient (Wildman–Crippen LogP) is 3.32. The van der Waals surface area contributed by atoms with Crippen LogP contribution < -0.4 is 10.2 Å². The van der Waals surface area contributed by atoms with Gasteiger partial charge in [-0.1, -0.05) is 22.0 Å². The Morgan fingerprint density at radius 2 is 1.83 bits per heavy atom. The van der Waals surface area contributed by atoms with E-state index in [-0.39, 0.29) is 5.91 Å². The standard InChI is InChI=1S/C23H30BrN5O/c24-20-6-8-21(9-7-20)26-23(30)18-28-11-3-4-19(17-28)16-27-12-14-29(15-13-27)22-5-1-2-10-25-22/h1-2,5-10,19H,3-4,11-18H2,(H,26,30). The van der Waals surface area contributed by atoms with Crippen LogP contribution in [-0.4, -0.2) is 73.0 Å². The molecule has 2 aliphatic rings. The minimum absolute atomic E-state index is 0.0712. The number of benzene rings is 1. The van der Waals surface area contributed by atoms with Gasteiger partial charge in [-0.2, -0.15) is 0 Å². The number of halogens is 1. The highest BCUT2D eigenvalue weighted by atomic mass is 79.9. The van der Waals surface area contributed by atoms with E-state index in [1.165, 1.54) is 12.8 Å². The fraction of sp³-hybridized carbons (Fsp3) is 0.478. The lowest BCUT2D eigenvalue weighted by atomic mass is 9.97. The van der Waals surface area contributed by atoms with E-state index >= 15 is 0 Å². The van der Waals surface area contributed by atoms with Crippen molar-refractivity contribution >= 4 is 33.3 Å². The molecule has 0 radical (unpaired) electrons. The third-order valence-electron chi connectivity index (χ3n) is 5.96. The van der Waals surface area contributed by atoms with Crippen molar-refractivity contribution in [1.29, 1.82) is 0 Å². The molecule has 6 nitrogen and oxygen atoms in total. The monoisotopic (exact) mass is 471 g/mol. The van der Waals surface area contributed by atoms with Gasteiger partial charge in [0, 0.05) is 55.6 Å². The highest BCUT2D eigenvalue weighted by Gasteiger charge is 2.25. The number of anilines is 2. The Balaban J connectivity index is 1.20. The molecule has 7 heteroatoms. The van der Waals surface area contributed by atoms with Gasteiger partial charge in [0.15, 0.2) is 0 Å². The van der Waals surface area contributed by atoms with Crippen LogP contribution in [0, 0.1) is 5.92 Å². The summed E-state index contributed by atoms with van der Waals surface area (Å²) >= 11 is 3.42. The lowest BCUT2D eigenvalue weighted by Gasteiger charge is -2.39. The fourth-order valence-electron chi connectivity index (χ4n) is 4.45. The van der Waals surface area contributed by atoms with Crippen molar-refractivity contribution in [2.45, 2.75) is 12.8 Å². The number of pyridine rings is 1. The molecule has 0 spiro atoms. The maximum absolute atomic E-state index is 12.4. The van der Waals surface area contributed by atoms with Gasteiger partial charge in [-0.05, 0) is 61.7 Å². The third kappa shape index (κ3) is 6.03. The van der Waals surface area contributed by atoms with Crippen molar-refractivity contribution in [3.8, 4) is 0 Å². The molecular formula is C23H30BrN5O. The van der Waals surface area contributed by atoms with Crippen molar-refractivity contribution in [2.24, 2.45) is 5.92 Å². The average Bonchev–Trinajstić information content (AvgIpc) is 2.77. The largest absolute Gasteiger partial charge is 0.354 e. The third-order valence-corrected chi connectivity index (χ3v) is 6.49. The van der Waals surface area contributed by atoms with E-state index in [0.717, 1.165) is 61.8 Å². The number of hydrogen-bond acceptors (Lipinski definition) is 5. The first-order valence-corrected chi connectivity index (χ1v) is 11.6. The topological polar surface area (TPSA) is 51.7 Å². The van der Waals surface area contributed by atoms with Gasteiger partial charge in [-0.15, -0.1) is 0 Å². The van der Waals surface area contributed by atoms with Crippen LogP contribution in [0.4, 0.5) is 11.5 Å². The van der Waals surface area contributed by atoms with E-state index in [9.17, 15) is 4.79 Å². The summed E-state index contributed by atoms with van der Waals surface area (Å²) in [4.78, 5) is 24.2. The molecule has 0 saturated carbocycles. The van der Waals surface area contributed by atoms with Crippen molar-refractivity contribution in [3.05, 3.63) is 53.1 Å². The molecule has 3 heterocycles. The number of carbonyl (C=O) groups is 1. The Morgan fingerprint density at radius 3 is 2.57 bits per heavy atom. The maximum atomic E-state index is 12.4. The predicted molar refractivity (Wildman–Crippen MR) is 125 cm³/mol. The van der Waals surface area contributed by atoms with Crippen molar-refractivity contribution in [1.82, 2.24) is 14.8 Å². The van der Waals surface area contributed by atoms with Crippen molar-refractivity contribution in [3.63, 3.8) is 0 Å². The number of rotatable bonds is 6. The molecule has 160 valence electrons. The van der Waals surface area contributed by atoms with Gasteiger partial charge in [0.25, 0.3) is 0 Å². The van der Waals surface area contributed by atoms with Gasteiger partial charge in [-0.3, -0.25) is 14.6 Å². The number of nitrogens with zero attached hydrogens (tertiary/aromatic N) is 4. The molecule has 2 aromatic rings. The van der Waals surface area contributed by atoms with Crippen LogP contribution in [0.25, 0.3) is 0 Å². The van der Waals surface area contributed by atoms with Crippen molar-refractivity contribution in [2.75, 3.05) is 62.6 Å². The van der Waals surface area contributed by atoms with Crippen LogP contribution in [0.3, 0.4) is 0 Å². The van der Waals surface area contributed by atoms with Gasteiger partial charge >= 0.3 is 0 Å². The van der Waals surface area contributed by atoms with Crippen LogP contribution in [0.1, 0.15) is 12.8 Å². The molecule has 30 heavy (non-hydrogen) atoms. The lowest BCUT2D eigenvalue weighted by molar-refractivity contribution is -0.117. The number of likely N-dealkylation sites (tertiary alicyclic amines) is 1. The zero-order valence-electron chi connectivity index (χ0n) is 17.3. The first-order valence-electron chi connectivity index (χ1n) is 10.8. The first-order chi connectivity index (χ1) is 14.7. The molecule has 2 fully saturated rings. The average molecular weight is 472 g/mol. The molecule has 4 rings (SSSR count). The SMILES string of the molecule is O=C(CN1CCCC(CN2CCN(c3ccccn3)CC2)C1)Nc1ccc(Br)cc1. The summed E-state index contributed by atoms with van der Waals surface area (Å²) in [7, 11) is 0. The number of piperidine rings is 1. The smallest absolute Gasteiger partial charge is 0.238 e. The summed E-state index contributed by atoms with van der Waals surface area (Å²) < 4.78 is 1.01. The number of hydrogen-bond donors (Lipinski definition) is 1. The zero-order valence-corrected chi connectivity index (χ0v) is 18.9. The Hall–Kier alpha value is -1.96. The van der Waals surface area contributed by atoms with E-state index < -0.39 is 0 Å². The van der Waals surface area contributed by atoms with E-state index in [0.29, 0.717) is 12.5 Å². The molecule has 1 amide bonds. The van der Waals surface area contributed by atoms with E-state index in [4.69, 9.17) is 0 Å². The second-order valence-electron chi connectivity index (χ2n) is 8.27. The van der Waals surface area contributed by atoms with E-state index in [1.807, 2.05) is 36.5 Å². The number of amides is 1. The Kier molecular flexibility index (Phi) is 7.36. The quantitative estimate of drug-likeness (QED) is 0.699. The Morgan fingerprint density at radius 1 is 1.03 bits per heavy atom. The Labute approximate surface area is 187 Å². The van der Waals surface area contributed by atoms with Crippen LogP contribution in [0.5, 0.6) is 0 Å². The highest BCUT2D eigenvalue weighted by molar-refractivity contribution is 9.10. The summed E-state index contributed by atoms with van der Waals surface area (Å²) in [5, 5.41) is 3.01. The second kappa shape index (κ2) is 10.4. The minimum atomic E-state index is 0.0712. The first kappa shape index (κ1) is 21.3. The fourth-order valence-corrected chi connectivity index (χ4v) is 4.71. The normalized spacial score (nSPS) is 20.8. The van der Waals surface area contributed by atoms with Gasteiger partial charge in [-0.25, -0.2) is 4.98 Å². The number of carbonyl (C=O) groups excluding carboxylic acids is 1. The lowest BCUT2D eigenvalue weighted by Crippen LogP contribution is -2.50. The Bertz CT molecular complexity index is 808. The molecule has 1 aromatic carbocycles. The molecule has 1 unspecified atom stereocenters. The molecule has 1 aromatic heterocycles. The van der Waals surface area contributed by atoms with Gasteiger partial charge in [0.2, 0.25) is 5.91 Å². The molecule has 0 aliphatic carbocycles. The number of aromatic nitrogens is 1. The molecule has 2 aliphatic heterocycles. The summed E-state index contributed by atoms with van der Waals surface area (Å²) in [6.07, 6.45) is 4.29. The second-order valence-corrected chi connectivity index (χ2v) is 9.19. The summed E-state index contributed by atoms with van der Waals surface area (Å²) in [5.41, 5.74) is 0.850. The van der Waals surface area contributed by atoms with Crippen molar-refractivity contribution < 1.29 is 4.79 Å². The summed E-state index contributed by atoms with van der Waals surface area (Å²) in [6.45, 7) is 7.84. The molecular weight excluding hydrogens is 442 g/mol. The molecule has 1 atom stereocenters. The maximum Gasteiger partial charge on any atom is 0.238 e. The van der Waals surface area contributed by atoms with Gasteiger partial charge in [0.1, 0.15) is 5.82 Å². The summed E-state index contributed by atoms with van der Waals surface area (Å²) in [5.74, 6) is 1.79. The zero-order chi connectivity index (χ0) is 20.8. The van der Waals surface area contributed by atoms with Gasteiger partial charge in [0.05, 0.1) is 6.54 Å². The van der Waals surface area contributed by atoms with Crippen LogP contribution in [0.15, 0.2) is 53.1 Å². The number of nitrogens with one attached hydrogen (secondary N) is 1. The van der Waals surface area contributed by atoms with Gasteiger partial charge < -0.3 is 10.2 Å². The highest BCUT2D eigenvalue weighted by Crippen LogP contribution is 2.20. The number of piperazine rings is 1. The minimum Gasteiger partial charge on any atom is -0.354 e. The molecule has 1 N–H and O–H groups in total. The summed E-state index contributed by atoms with van der Waals surface area (Å²) in [6, 6.07) is 13.8. The molecule has 2 saturated heterocycles. The van der Waals surface area contributed by atoms with Crippen LogP contribution in [-0.2, 0) is 4.79 Å². The van der Waals surface area contributed by atoms with E-state index in [1.54, 1.807) is 0 Å². The molecule has 0 bridgehead atoms.